The largest absolute Gasteiger partial charge is 0.457 e. The monoisotopic (exact) mass is 480 g/mol. The van der Waals surface area contributed by atoms with Crippen LogP contribution in [0, 0.1) is 0 Å². The van der Waals surface area contributed by atoms with Gasteiger partial charge in [-0.25, -0.2) is 9.97 Å². The zero-order valence-corrected chi connectivity index (χ0v) is 20.2. The predicted octanol–water partition coefficient (Wildman–Crippen LogP) is 5.81. The minimum absolute atomic E-state index is 0.178. The highest BCUT2D eigenvalue weighted by Gasteiger charge is 2.04. The molecule has 0 spiro atoms. The van der Waals surface area contributed by atoms with E-state index in [1.54, 1.807) is 0 Å². The summed E-state index contributed by atoms with van der Waals surface area (Å²) >= 11 is 0. The Morgan fingerprint density at radius 3 is 2.19 bits per heavy atom. The predicted molar refractivity (Wildman–Crippen MR) is 144 cm³/mol. The van der Waals surface area contributed by atoms with Crippen LogP contribution in [0.15, 0.2) is 103 Å². The maximum absolute atomic E-state index is 12.1. The third-order valence-electron chi connectivity index (χ3n) is 4.92. The zero-order chi connectivity index (χ0) is 25.2. The van der Waals surface area contributed by atoms with E-state index in [9.17, 15) is 4.79 Å². The number of benzene rings is 3. The molecule has 0 fully saturated rings. The Labute approximate surface area is 210 Å². The number of nitrogens with one attached hydrogen (secondary N) is 3. The highest BCUT2D eigenvalue weighted by Crippen LogP contribution is 2.25. The molecule has 8 nitrogen and oxygen atoms in total. The number of nitrogens with zero attached hydrogens (tertiary/aromatic N) is 3. The van der Waals surface area contributed by atoms with Crippen molar-refractivity contribution in [3.8, 4) is 11.5 Å². The van der Waals surface area contributed by atoms with Gasteiger partial charge in [0.25, 0.3) is 0 Å². The lowest BCUT2D eigenvalue weighted by Crippen LogP contribution is -2.12. The van der Waals surface area contributed by atoms with Crippen LogP contribution in [0.3, 0.4) is 0 Å². The van der Waals surface area contributed by atoms with Gasteiger partial charge in [-0.05, 0) is 68.7 Å². The third kappa shape index (κ3) is 7.68. The summed E-state index contributed by atoms with van der Waals surface area (Å²) in [5.74, 6) is 2.61. The summed E-state index contributed by atoms with van der Waals surface area (Å²) in [6, 6.07) is 26.5. The van der Waals surface area contributed by atoms with Crippen molar-refractivity contribution in [1.82, 2.24) is 14.9 Å². The number of hydrogen-bond donors (Lipinski definition) is 3. The number of rotatable bonds is 10. The van der Waals surface area contributed by atoms with E-state index in [1.807, 2.05) is 110 Å². The Hall–Kier alpha value is -4.69. The number of likely N-dealkylation sites (N-methyl/N-ethyl adjacent to an activating group) is 1. The van der Waals surface area contributed by atoms with Crippen LogP contribution in [-0.2, 0) is 4.79 Å². The minimum Gasteiger partial charge on any atom is -0.457 e. The van der Waals surface area contributed by atoms with Crippen molar-refractivity contribution in [1.29, 1.82) is 0 Å². The van der Waals surface area contributed by atoms with Gasteiger partial charge in [0, 0.05) is 35.7 Å². The van der Waals surface area contributed by atoms with Crippen molar-refractivity contribution < 1.29 is 9.53 Å². The van der Waals surface area contributed by atoms with Crippen LogP contribution in [0.5, 0.6) is 11.5 Å². The molecule has 1 amide bonds. The van der Waals surface area contributed by atoms with Gasteiger partial charge in [-0.3, -0.25) is 4.79 Å². The van der Waals surface area contributed by atoms with E-state index in [0.717, 1.165) is 22.9 Å². The molecule has 0 bridgehead atoms. The number of aromatic nitrogens is 2. The van der Waals surface area contributed by atoms with Gasteiger partial charge < -0.3 is 25.6 Å². The van der Waals surface area contributed by atoms with Gasteiger partial charge in [0.05, 0.1) is 0 Å². The van der Waals surface area contributed by atoms with E-state index in [1.165, 1.54) is 12.4 Å². The van der Waals surface area contributed by atoms with Gasteiger partial charge in [0.1, 0.15) is 29.5 Å². The summed E-state index contributed by atoms with van der Waals surface area (Å²) in [6.45, 7) is 0.699. The maximum Gasteiger partial charge on any atom is 0.248 e. The number of amides is 1. The van der Waals surface area contributed by atoms with Crippen LogP contribution in [0.4, 0.5) is 28.7 Å². The molecule has 3 N–H and O–H groups in total. The van der Waals surface area contributed by atoms with Crippen molar-refractivity contribution in [2.24, 2.45) is 0 Å². The Morgan fingerprint density at radius 2 is 1.47 bits per heavy atom. The fraction of sp³-hybridized carbons (Fsp3) is 0.107. The van der Waals surface area contributed by atoms with Crippen molar-refractivity contribution in [3.05, 3.63) is 103 Å². The zero-order valence-electron chi connectivity index (χ0n) is 20.2. The Bertz CT molecular complexity index is 1310. The lowest BCUT2D eigenvalue weighted by Gasteiger charge is -2.11. The molecule has 0 radical (unpaired) electrons. The molecule has 1 heterocycles. The molecule has 1 aromatic heterocycles. The van der Waals surface area contributed by atoms with Crippen LogP contribution < -0.4 is 20.7 Å². The highest BCUT2D eigenvalue weighted by atomic mass is 16.5. The molecule has 0 saturated heterocycles. The number of ether oxygens (including phenoxy) is 1. The Kier molecular flexibility index (Phi) is 8.24. The average Bonchev–Trinajstić information content (AvgIpc) is 2.86. The van der Waals surface area contributed by atoms with E-state index < -0.39 is 0 Å². The van der Waals surface area contributed by atoms with E-state index >= 15 is 0 Å². The van der Waals surface area contributed by atoms with Gasteiger partial charge >= 0.3 is 0 Å². The Morgan fingerprint density at radius 1 is 0.806 bits per heavy atom. The van der Waals surface area contributed by atoms with E-state index in [4.69, 9.17) is 4.74 Å². The lowest BCUT2D eigenvalue weighted by atomic mass is 10.2. The van der Waals surface area contributed by atoms with Crippen molar-refractivity contribution in [2.75, 3.05) is 36.6 Å². The molecular weight excluding hydrogens is 452 g/mol. The molecule has 0 aliphatic carbocycles. The quantitative estimate of drug-likeness (QED) is 0.247. The van der Waals surface area contributed by atoms with Gasteiger partial charge in [-0.15, -0.1) is 0 Å². The fourth-order valence-corrected chi connectivity index (χ4v) is 3.25. The first-order valence-electron chi connectivity index (χ1n) is 11.4. The molecule has 0 aliphatic rings. The summed E-state index contributed by atoms with van der Waals surface area (Å²) in [6.07, 6.45) is 4.83. The molecule has 4 aromatic rings. The normalized spacial score (nSPS) is 10.9. The molecule has 36 heavy (non-hydrogen) atoms. The first kappa shape index (κ1) is 24.4. The first-order valence-corrected chi connectivity index (χ1v) is 11.4. The molecular formula is C28H28N6O2. The summed E-state index contributed by atoms with van der Waals surface area (Å²) in [5.41, 5.74) is 2.34. The lowest BCUT2D eigenvalue weighted by molar-refractivity contribution is -0.111. The molecule has 4 rings (SSSR count). The number of hydrogen-bond acceptors (Lipinski definition) is 7. The number of carbonyl (C=O) groups excluding carboxylic acids is 1. The standard InChI is InChI=1S/C28H28N6O2/c1-34(2)17-7-12-28(35)33-23-9-6-8-22(18-23)32-27-19-26(29-20-30-27)31-21-13-15-25(16-14-21)36-24-10-4-3-5-11-24/h3-16,18-20H,17H2,1-2H3,(H,33,35)(H2,29,30,31,32)/b12-7+. The number of carbonyl (C=O) groups is 1. The summed E-state index contributed by atoms with van der Waals surface area (Å²) in [4.78, 5) is 22.7. The van der Waals surface area contributed by atoms with Gasteiger partial charge in [-0.1, -0.05) is 30.3 Å². The van der Waals surface area contributed by atoms with Crippen LogP contribution >= 0.6 is 0 Å². The average molecular weight is 481 g/mol. The number of para-hydroxylation sites is 1. The minimum atomic E-state index is -0.178. The topological polar surface area (TPSA) is 91.4 Å². The molecule has 8 heteroatoms. The van der Waals surface area contributed by atoms with Crippen LogP contribution in [-0.4, -0.2) is 41.4 Å². The van der Waals surface area contributed by atoms with E-state index in [-0.39, 0.29) is 5.91 Å². The second-order valence-corrected chi connectivity index (χ2v) is 8.21. The molecule has 182 valence electrons. The smallest absolute Gasteiger partial charge is 0.248 e. The van der Waals surface area contributed by atoms with Gasteiger partial charge in [0.15, 0.2) is 0 Å². The van der Waals surface area contributed by atoms with Gasteiger partial charge in [0.2, 0.25) is 5.91 Å². The molecule has 0 unspecified atom stereocenters. The second-order valence-electron chi connectivity index (χ2n) is 8.21. The second kappa shape index (κ2) is 12.1. The maximum atomic E-state index is 12.1. The summed E-state index contributed by atoms with van der Waals surface area (Å²) < 4.78 is 5.84. The van der Waals surface area contributed by atoms with Crippen molar-refractivity contribution >= 4 is 34.6 Å². The number of anilines is 5. The molecule has 0 saturated carbocycles. The Balaban J connectivity index is 1.35. The van der Waals surface area contributed by atoms with Crippen molar-refractivity contribution in [2.45, 2.75) is 0 Å². The first-order chi connectivity index (χ1) is 17.5. The molecule has 3 aromatic carbocycles. The molecule has 0 atom stereocenters. The SMILES string of the molecule is CN(C)C/C=C/C(=O)Nc1cccc(Nc2cc(Nc3ccc(Oc4ccccc4)cc3)ncn2)c1. The van der Waals surface area contributed by atoms with Crippen LogP contribution in [0.1, 0.15) is 0 Å². The third-order valence-corrected chi connectivity index (χ3v) is 4.92. The fourth-order valence-electron chi connectivity index (χ4n) is 3.25. The highest BCUT2D eigenvalue weighted by molar-refractivity contribution is 5.99. The summed E-state index contributed by atoms with van der Waals surface area (Å²) in [7, 11) is 3.90. The van der Waals surface area contributed by atoms with E-state index in [0.29, 0.717) is 23.9 Å². The van der Waals surface area contributed by atoms with Crippen LogP contribution in [0.2, 0.25) is 0 Å². The van der Waals surface area contributed by atoms with E-state index in [2.05, 4.69) is 25.9 Å². The van der Waals surface area contributed by atoms with Crippen molar-refractivity contribution in [3.63, 3.8) is 0 Å². The summed E-state index contributed by atoms with van der Waals surface area (Å²) in [5, 5.41) is 9.39. The van der Waals surface area contributed by atoms with Gasteiger partial charge in [-0.2, -0.15) is 0 Å². The van der Waals surface area contributed by atoms with Crippen LogP contribution in [0.25, 0.3) is 0 Å². The molecule has 0 aliphatic heterocycles.